The first-order chi connectivity index (χ1) is 9.98. The van der Waals surface area contributed by atoms with E-state index in [-0.39, 0.29) is 16.9 Å². The SMILES string of the molecule is CCCC(CS)(CCC)COc1ccc(Cl)cc1[N+](=O)[O-]. The number of nitro benzene ring substituents is 1. The molecular formula is C15H22ClNO3S. The van der Waals surface area contributed by atoms with Crippen LogP contribution in [0.15, 0.2) is 18.2 Å². The Kier molecular flexibility index (Phi) is 7.32. The lowest BCUT2D eigenvalue weighted by Crippen LogP contribution is -2.30. The molecule has 1 rings (SSSR count). The van der Waals surface area contributed by atoms with Crippen molar-refractivity contribution in [3.8, 4) is 5.75 Å². The van der Waals surface area contributed by atoms with Gasteiger partial charge in [0.2, 0.25) is 0 Å². The highest BCUT2D eigenvalue weighted by atomic mass is 35.5. The number of benzene rings is 1. The summed E-state index contributed by atoms with van der Waals surface area (Å²) in [6.07, 6.45) is 4.05. The molecule has 0 bridgehead atoms. The molecule has 4 nitrogen and oxygen atoms in total. The monoisotopic (exact) mass is 331 g/mol. The van der Waals surface area contributed by atoms with Gasteiger partial charge in [0, 0.05) is 16.5 Å². The number of hydrogen-bond donors (Lipinski definition) is 1. The predicted octanol–water partition coefficient (Wildman–Crippen LogP) is 5.14. The van der Waals surface area contributed by atoms with E-state index in [1.165, 1.54) is 6.07 Å². The minimum atomic E-state index is -0.469. The van der Waals surface area contributed by atoms with Gasteiger partial charge < -0.3 is 4.74 Å². The van der Waals surface area contributed by atoms with E-state index in [2.05, 4.69) is 26.5 Å². The van der Waals surface area contributed by atoms with Crippen LogP contribution in [-0.2, 0) is 0 Å². The maximum Gasteiger partial charge on any atom is 0.312 e. The second-order valence-corrected chi connectivity index (χ2v) is 6.07. The summed E-state index contributed by atoms with van der Waals surface area (Å²) in [6, 6.07) is 4.48. The molecule has 6 heteroatoms. The second kappa shape index (κ2) is 8.49. The van der Waals surface area contributed by atoms with E-state index in [1.54, 1.807) is 12.1 Å². The lowest BCUT2D eigenvalue weighted by Gasteiger charge is -2.31. The summed E-state index contributed by atoms with van der Waals surface area (Å²) in [5.74, 6) is 0.971. The molecule has 0 aliphatic carbocycles. The fraction of sp³-hybridized carbons (Fsp3) is 0.600. The minimum absolute atomic E-state index is 0.0416. The van der Waals surface area contributed by atoms with Crippen LogP contribution in [0.25, 0.3) is 0 Å². The van der Waals surface area contributed by atoms with Crippen molar-refractivity contribution in [2.75, 3.05) is 12.4 Å². The van der Waals surface area contributed by atoms with Crippen LogP contribution < -0.4 is 4.74 Å². The summed E-state index contributed by atoms with van der Waals surface area (Å²) in [4.78, 5) is 10.6. The van der Waals surface area contributed by atoms with Gasteiger partial charge in [-0.1, -0.05) is 38.3 Å². The fourth-order valence-electron chi connectivity index (χ4n) is 2.52. The highest BCUT2D eigenvalue weighted by molar-refractivity contribution is 7.80. The van der Waals surface area contributed by atoms with Crippen molar-refractivity contribution in [2.45, 2.75) is 39.5 Å². The summed E-state index contributed by atoms with van der Waals surface area (Å²) in [5.41, 5.74) is -0.135. The molecule has 0 saturated heterocycles. The number of thiol groups is 1. The van der Waals surface area contributed by atoms with Crippen LogP contribution in [0.2, 0.25) is 5.02 Å². The fourth-order valence-corrected chi connectivity index (χ4v) is 3.09. The smallest absolute Gasteiger partial charge is 0.312 e. The summed E-state index contributed by atoms with van der Waals surface area (Å²) in [7, 11) is 0. The molecule has 1 aromatic rings. The first kappa shape index (κ1) is 18.1. The van der Waals surface area contributed by atoms with Crippen molar-refractivity contribution in [3.05, 3.63) is 33.3 Å². The molecule has 0 atom stereocenters. The Hall–Kier alpha value is -0.940. The maximum atomic E-state index is 11.1. The second-order valence-electron chi connectivity index (χ2n) is 5.32. The average Bonchev–Trinajstić information content (AvgIpc) is 2.46. The Morgan fingerprint density at radius 2 is 1.95 bits per heavy atom. The number of hydrogen-bond acceptors (Lipinski definition) is 4. The van der Waals surface area contributed by atoms with E-state index < -0.39 is 4.92 Å². The lowest BCUT2D eigenvalue weighted by molar-refractivity contribution is -0.385. The Balaban J connectivity index is 2.92. The van der Waals surface area contributed by atoms with Crippen molar-refractivity contribution in [2.24, 2.45) is 5.41 Å². The summed E-state index contributed by atoms with van der Waals surface area (Å²) in [5, 5.41) is 11.4. The molecule has 0 amide bonds. The van der Waals surface area contributed by atoms with E-state index in [4.69, 9.17) is 16.3 Å². The predicted molar refractivity (Wildman–Crippen MR) is 89.7 cm³/mol. The van der Waals surface area contributed by atoms with E-state index in [0.29, 0.717) is 17.4 Å². The first-order valence-electron chi connectivity index (χ1n) is 7.15. The molecule has 0 fully saturated rings. The van der Waals surface area contributed by atoms with Crippen molar-refractivity contribution in [3.63, 3.8) is 0 Å². The van der Waals surface area contributed by atoms with Crippen LogP contribution in [0.3, 0.4) is 0 Å². The van der Waals surface area contributed by atoms with Crippen LogP contribution in [0.5, 0.6) is 5.75 Å². The van der Waals surface area contributed by atoms with Crippen molar-refractivity contribution in [1.82, 2.24) is 0 Å². The molecule has 0 aliphatic rings. The van der Waals surface area contributed by atoms with E-state index in [0.717, 1.165) is 25.7 Å². The van der Waals surface area contributed by atoms with E-state index >= 15 is 0 Å². The van der Waals surface area contributed by atoms with Gasteiger partial charge in [0.15, 0.2) is 5.75 Å². The molecule has 1 aromatic carbocycles. The Morgan fingerprint density at radius 3 is 2.43 bits per heavy atom. The molecule has 21 heavy (non-hydrogen) atoms. The Labute approximate surface area is 136 Å². The van der Waals surface area contributed by atoms with Crippen molar-refractivity contribution < 1.29 is 9.66 Å². The third-order valence-electron chi connectivity index (χ3n) is 3.55. The third-order valence-corrected chi connectivity index (χ3v) is 4.45. The topological polar surface area (TPSA) is 52.4 Å². The molecular weight excluding hydrogens is 310 g/mol. The van der Waals surface area contributed by atoms with Gasteiger partial charge in [0.05, 0.1) is 11.5 Å². The molecule has 0 aromatic heterocycles. The third kappa shape index (κ3) is 5.08. The number of nitro groups is 1. The number of ether oxygens (including phenoxy) is 1. The molecule has 0 unspecified atom stereocenters. The molecule has 0 radical (unpaired) electrons. The van der Waals surface area contributed by atoms with Crippen LogP contribution in [0.1, 0.15) is 39.5 Å². The molecule has 118 valence electrons. The highest BCUT2D eigenvalue weighted by Crippen LogP contribution is 2.35. The number of halogens is 1. The Morgan fingerprint density at radius 1 is 1.33 bits per heavy atom. The van der Waals surface area contributed by atoms with E-state index in [9.17, 15) is 10.1 Å². The Bertz CT molecular complexity index is 476. The zero-order valence-corrected chi connectivity index (χ0v) is 14.1. The van der Waals surface area contributed by atoms with E-state index in [1.807, 2.05) is 0 Å². The molecule has 0 N–H and O–H groups in total. The first-order valence-corrected chi connectivity index (χ1v) is 8.16. The van der Waals surface area contributed by atoms with Gasteiger partial charge in [-0.05, 0) is 30.7 Å². The van der Waals surface area contributed by atoms with Gasteiger partial charge in [-0.15, -0.1) is 0 Å². The normalized spacial score (nSPS) is 11.4. The van der Waals surface area contributed by atoms with Crippen LogP contribution in [0.4, 0.5) is 5.69 Å². The van der Waals surface area contributed by atoms with Crippen molar-refractivity contribution in [1.29, 1.82) is 0 Å². The number of rotatable bonds is 9. The summed E-state index contributed by atoms with van der Waals surface area (Å²) >= 11 is 10.3. The van der Waals surface area contributed by atoms with Gasteiger partial charge in [-0.2, -0.15) is 12.6 Å². The number of nitrogens with zero attached hydrogens (tertiary/aromatic N) is 1. The minimum Gasteiger partial charge on any atom is -0.486 e. The van der Waals surface area contributed by atoms with Crippen LogP contribution in [0, 0.1) is 15.5 Å². The van der Waals surface area contributed by atoms with Gasteiger partial charge in [0.1, 0.15) is 0 Å². The quantitative estimate of drug-likeness (QED) is 0.387. The molecule has 0 heterocycles. The standard InChI is InChI=1S/C15H22ClNO3S/c1-3-7-15(11-21,8-4-2)10-20-14-6-5-12(16)9-13(14)17(18)19/h5-6,9,21H,3-4,7-8,10-11H2,1-2H3. The largest absolute Gasteiger partial charge is 0.486 e. The van der Waals surface area contributed by atoms with Crippen LogP contribution >= 0.6 is 24.2 Å². The van der Waals surface area contributed by atoms with Crippen molar-refractivity contribution >= 4 is 29.9 Å². The average molecular weight is 332 g/mol. The summed E-state index contributed by atoms with van der Waals surface area (Å²) < 4.78 is 5.77. The molecule has 0 saturated carbocycles. The van der Waals surface area contributed by atoms with Gasteiger partial charge in [0.25, 0.3) is 0 Å². The van der Waals surface area contributed by atoms with Gasteiger partial charge >= 0.3 is 5.69 Å². The van der Waals surface area contributed by atoms with Gasteiger partial charge in [-0.3, -0.25) is 10.1 Å². The van der Waals surface area contributed by atoms with Crippen LogP contribution in [-0.4, -0.2) is 17.3 Å². The highest BCUT2D eigenvalue weighted by Gasteiger charge is 2.29. The van der Waals surface area contributed by atoms with Gasteiger partial charge in [-0.25, -0.2) is 0 Å². The zero-order chi connectivity index (χ0) is 15.9. The zero-order valence-electron chi connectivity index (χ0n) is 12.5. The molecule has 0 aliphatic heterocycles. The lowest BCUT2D eigenvalue weighted by atomic mass is 9.82. The summed E-state index contributed by atoms with van der Waals surface area (Å²) in [6.45, 7) is 4.68. The maximum absolute atomic E-state index is 11.1. The molecule has 0 spiro atoms.